The highest BCUT2D eigenvalue weighted by Crippen LogP contribution is 2.30. The van der Waals surface area contributed by atoms with Crippen LogP contribution < -0.4 is 14.8 Å². The number of aromatic nitrogens is 2. The summed E-state index contributed by atoms with van der Waals surface area (Å²) in [4.78, 5) is 8.57. The van der Waals surface area contributed by atoms with E-state index in [1.807, 2.05) is 36.4 Å². The van der Waals surface area contributed by atoms with Gasteiger partial charge in [0.25, 0.3) is 5.19 Å². The molecule has 4 rings (SSSR count). The first kappa shape index (κ1) is 14.4. The van der Waals surface area contributed by atoms with Gasteiger partial charge in [0, 0.05) is 18.8 Å². The number of nitrogens with one attached hydrogen (secondary N) is 1. The van der Waals surface area contributed by atoms with Crippen molar-refractivity contribution in [3.05, 3.63) is 42.6 Å². The predicted molar refractivity (Wildman–Crippen MR) is 90.5 cm³/mol. The summed E-state index contributed by atoms with van der Waals surface area (Å²) in [6.07, 6.45) is 4.33. The van der Waals surface area contributed by atoms with Gasteiger partial charge in [0.05, 0.1) is 4.70 Å². The molecule has 2 heterocycles. The SMILES string of the molecule is c1cnc2nc(Oc3ccc(OCCNC4CC4)cc3)sc2c1. The summed E-state index contributed by atoms with van der Waals surface area (Å²) in [6.45, 7) is 1.57. The summed E-state index contributed by atoms with van der Waals surface area (Å²) in [5.74, 6) is 1.59. The first-order valence-corrected chi connectivity index (χ1v) is 8.54. The summed E-state index contributed by atoms with van der Waals surface area (Å²) in [7, 11) is 0. The van der Waals surface area contributed by atoms with E-state index in [9.17, 15) is 0 Å². The lowest BCUT2D eigenvalue weighted by Gasteiger charge is -2.07. The quantitative estimate of drug-likeness (QED) is 0.672. The first-order chi connectivity index (χ1) is 11.4. The van der Waals surface area contributed by atoms with E-state index in [4.69, 9.17) is 9.47 Å². The molecule has 0 spiro atoms. The zero-order chi connectivity index (χ0) is 15.5. The number of thiazole rings is 1. The first-order valence-electron chi connectivity index (χ1n) is 7.72. The van der Waals surface area contributed by atoms with Crippen LogP contribution in [0.1, 0.15) is 12.8 Å². The van der Waals surface area contributed by atoms with Crippen molar-refractivity contribution in [3.8, 4) is 16.7 Å². The number of hydrogen-bond acceptors (Lipinski definition) is 6. The Balaban J connectivity index is 1.33. The normalized spacial score (nSPS) is 14.1. The second-order valence-corrected chi connectivity index (χ2v) is 6.45. The molecule has 5 nitrogen and oxygen atoms in total. The van der Waals surface area contributed by atoms with Crippen molar-refractivity contribution in [1.29, 1.82) is 0 Å². The van der Waals surface area contributed by atoms with Crippen LogP contribution in [-0.2, 0) is 0 Å². The monoisotopic (exact) mass is 327 g/mol. The molecule has 0 bridgehead atoms. The molecular formula is C17H17N3O2S. The molecule has 0 unspecified atom stereocenters. The van der Waals surface area contributed by atoms with Crippen LogP contribution in [0, 0.1) is 0 Å². The van der Waals surface area contributed by atoms with Crippen LogP contribution in [0.15, 0.2) is 42.6 Å². The minimum absolute atomic E-state index is 0.598. The Morgan fingerprint density at radius 1 is 1.13 bits per heavy atom. The lowest BCUT2D eigenvalue weighted by Crippen LogP contribution is -2.22. The van der Waals surface area contributed by atoms with Crippen molar-refractivity contribution in [1.82, 2.24) is 15.3 Å². The molecule has 1 aromatic carbocycles. The minimum Gasteiger partial charge on any atom is -0.492 e. The van der Waals surface area contributed by atoms with Crippen LogP contribution in [0.3, 0.4) is 0 Å². The number of hydrogen-bond donors (Lipinski definition) is 1. The Kier molecular flexibility index (Phi) is 4.08. The van der Waals surface area contributed by atoms with Crippen molar-refractivity contribution in [3.63, 3.8) is 0 Å². The fourth-order valence-corrected chi connectivity index (χ4v) is 3.01. The molecule has 2 aromatic heterocycles. The van der Waals surface area contributed by atoms with Crippen LogP contribution in [-0.4, -0.2) is 29.2 Å². The number of rotatable bonds is 7. The predicted octanol–water partition coefficient (Wildman–Crippen LogP) is 3.61. The molecule has 23 heavy (non-hydrogen) atoms. The molecule has 1 aliphatic rings. The Hall–Kier alpha value is -2.18. The Bertz CT molecular complexity index is 751. The minimum atomic E-state index is 0.598. The summed E-state index contributed by atoms with van der Waals surface area (Å²) in [5.41, 5.74) is 0.718. The molecule has 3 aromatic rings. The maximum absolute atomic E-state index is 5.78. The number of fused-ring (bicyclic) bond motifs is 1. The van der Waals surface area contributed by atoms with Crippen molar-refractivity contribution < 1.29 is 9.47 Å². The van der Waals surface area contributed by atoms with Crippen molar-refractivity contribution in [2.24, 2.45) is 0 Å². The Labute approximate surface area is 138 Å². The highest BCUT2D eigenvalue weighted by atomic mass is 32.1. The van der Waals surface area contributed by atoms with E-state index in [2.05, 4.69) is 15.3 Å². The molecule has 0 atom stereocenters. The Morgan fingerprint density at radius 3 is 2.74 bits per heavy atom. The third-order valence-corrected chi connectivity index (χ3v) is 4.44. The molecular weight excluding hydrogens is 310 g/mol. The number of nitrogens with zero attached hydrogens (tertiary/aromatic N) is 2. The molecule has 0 aliphatic heterocycles. The van der Waals surface area contributed by atoms with E-state index in [-0.39, 0.29) is 0 Å². The summed E-state index contributed by atoms with van der Waals surface area (Å²) in [5, 5.41) is 4.02. The molecule has 1 aliphatic carbocycles. The van der Waals surface area contributed by atoms with Crippen molar-refractivity contribution in [2.75, 3.05) is 13.2 Å². The van der Waals surface area contributed by atoms with Gasteiger partial charge in [-0.2, -0.15) is 4.98 Å². The summed E-state index contributed by atoms with van der Waals surface area (Å²) >= 11 is 1.49. The van der Waals surface area contributed by atoms with Gasteiger partial charge in [-0.05, 0) is 49.2 Å². The lowest BCUT2D eigenvalue weighted by atomic mass is 10.3. The highest BCUT2D eigenvalue weighted by Gasteiger charge is 2.19. The van der Waals surface area contributed by atoms with E-state index in [0.717, 1.165) is 34.4 Å². The zero-order valence-corrected chi connectivity index (χ0v) is 13.4. The summed E-state index contributed by atoms with van der Waals surface area (Å²) in [6, 6.07) is 12.2. The average Bonchev–Trinajstić information content (AvgIpc) is 3.31. The van der Waals surface area contributed by atoms with Gasteiger partial charge in [0.1, 0.15) is 18.1 Å². The van der Waals surface area contributed by atoms with E-state index < -0.39 is 0 Å². The fraction of sp³-hybridized carbons (Fsp3) is 0.294. The topological polar surface area (TPSA) is 56.3 Å². The molecule has 118 valence electrons. The molecule has 1 N–H and O–H groups in total. The smallest absolute Gasteiger partial charge is 0.281 e. The van der Waals surface area contributed by atoms with Gasteiger partial charge in [-0.25, -0.2) is 4.98 Å². The van der Waals surface area contributed by atoms with Gasteiger partial charge in [0.15, 0.2) is 5.65 Å². The number of pyridine rings is 1. The van der Waals surface area contributed by atoms with Crippen LogP contribution in [0.25, 0.3) is 10.3 Å². The second-order valence-electron chi connectivity index (χ2n) is 5.46. The van der Waals surface area contributed by atoms with E-state index in [0.29, 0.717) is 11.8 Å². The van der Waals surface area contributed by atoms with Gasteiger partial charge in [-0.3, -0.25) is 0 Å². The number of benzene rings is 1. The van der Waals surface area contributed by atoms with E-state index in [1.165, 1.54) is 24.2 Å². The van der Waals surface area contributed by atoms with Crippen molar-refractivity contribution >= 4 is 21.7 Å². The molecule has 0 radical (unpaired) electrons. The van der Waals surface area contributed by atoms with Gasteiger partial charge >= 0.3 is 0 Å². The lowest BCUT2D eigenvalue weighted by molar-refractivity contribution is 0.313. The Morgan fingerprint density at radius 2 is 1.96 bits per heavy atom. The third-order valence-electron chi connectivity index (χ3n) is 3.56. The van der Waals surface area contributed by atoms with Crippen LogP contribution in [0.5, 0.6) is 16.7 Å². The van der Waals surface area contributed by atoms with Crippen molar-refractivity contribution in [2.45, 2.75) is 18.9 Å². The summed E-state index contributed by atoms with van der Waals surface area (Å²) < 4.78 is 12.5. The van der Waals surface area contributed by atoms with E-state index in [1.54, 1.807) is 6.20 Å². The fourth-order valence-electron chi connectivity index (χ4n) is 2.22. The molecule has 1 saturated carbocycles. The second kappa shape index (κ2) is 6.52. The molecule has 6 heteroatoms. The average molecular weight is 327 g/mol. The van der Waals surface area contributed by atoms with Gasteiger partial charge in [-0.1, -0.05) is 11.3 Å². The standard InChI is InChI=1S/C17H17N3O2S/c1-2-15-16(19-9-1)20-17(23-15)22-14-7-5-13(6-8-14)21-11-10-18-12-3-4-12/h1-2,5-9,12,18H,3-4,10-11H2. The molecule has 0 saturated heterocycles. The van der Waals surface area contributed by atoms with Gasteiger partial charge in [-0.15, -0.1) is 0 Å². The highest BCUT2D eigenvalue weighted by molar-refractivity contribution is 7.20. The van der Waals surface area contributed by atoms with Crippen LogP contribution >= 0.6 is 11.3 Å². The third kappa shape index (κ3) is 3.78. The van der Waals surface area contributed by atoms with Crippen LogP contribution in [0.2, 0.25) is 0 Å². The maximum Gasteiger partial charge on any atom is 0.281 e. The van der Waals surface area contributed by atoms with Gasteiger partial charge in [0.2, 0.25) is 0 Å². The van der Waals surface area contributed by atoms with E-state index >= 15 is 0 Å². The largest absolute Gasteiger partial charge is 0.492 e. The molecule has 0 amide bonds. The molecule has 1 fully saturated rings. The number of ether oxygens (including phenoxy) is 2. The van der Waals surface area contributed by atoms with Gasteiger partial charge < -0.3 is 14.8 Å². The zero-order valence-electron chi connectivity index (χ0n) is 12.6. The van der Waals surface area contributed by atoms with Crippen LogP contribution in [0.4, 0.5) is 0 Å². The maximum atomic E-state index is 5.78.